The minimum Gasteiger partial charge on any atom is -0.342 e. The van der Waals surface area contributed by atoms with E-state index in [2.05, 4.69) is 36.5 Å². The minimum absolute atomic E-state index is 0.305. The lowest BCUT2D eigenvalue weighted by atomic mass is 9.96. The molecule has 7 heteroatoms. The summed E-state index contributed by atoms with van der Waals surface area (Å²) in [5.74, 6) is 2.92. The van der Waals surface area contributed by atoms with Crippen molar-refractivity contribution < 1.29 is 4.79 Å². The van der Waals surface area contributed by atoms with Gasteiger partial charge in [-0.15, -0.1) is 10.2 Å². The van der Waals surface area contributed by atoms with E-state index in [9.17, 15) is 4.79 Å². The summed E-state index contributed by atoms with van der Waals surface area (Å²) in [5.41, 5.74) is 0. The summed E-state index contributed by atoms with van der Waals surface area (Å²) < 4.78 is 2.21. The van der Waals surface area contributed by atoms with E-state index in [1.807, 2.05) is 0 Å². The van der Waals surface area contributed by atoms with E-state index >= 15 is 0 Å². The number of rotatable bonds is 5. The molecule has 3 aliphatic heterocycles. The molecule has 0 bridgehead atoms. The monoisotopic (exact) mass is 374 g/mol. The highest BCUT2D eigenvalue weighted by Crippen LogP contribution is 2.27. The number of hydrogen-bond acceptors (Lipinski definition) is 5. The van der Waals surface area contributed by atoms with Crippen LogP contribution in [-0.4, -0.2) is 81.2 Å². The fraction of sp³-hybridized carbons (Fsp3) is 0.850. The molecule has 1 aromatic rings. The van der Waals surface area contributed by atoms with E-state index in [0.717, 1.165) is 57.2 Å². The van der Waals surface area contributed by atoms with E-state index in [0.29, 0.717) is 18.4 Å². The molecule has 1 aromatic heterocycles. The van der Waals surface area contributed by atoms with E-state index < -0.39 is 0 Å². The van der Waals surface area contributed by atoms with Crippen molar-refractivity contribution in [1.29, 1.82) is 0 Å². The van der Waals surface area contributed by atoms with Crippen LogP contribution in [-0.2, 0) is 18.4 Å². The van der Waals surface area contributed by atoms with Crippen molar-refractivity contribution in [3.05, 3.63) is 11.6 Å². The zero-order valence-corrected chi connectivity index (χ0v) is 16.8. The molecule has 0 N–H and O–H groups in total. The standard InChI is InChI=1S/C20H34N6O/c1-23-18(15-24-9-3-2-4-10-24)21-22-20(23)17-7-13-26(14-8-17)19(27)16-25-11-5-6-12-25/h17H,2-16H2,1H3. The van der Waals surface area contributed by atoms with Crippen LogP contribution in [0.1, 0.15) is 62.5 Å². The highest BCUT2D eigenvalue weighted by Gasteiger charge is 2.28. The number of nitrogens with zero attached hydrogens (tertiary/aromatic N) is 6. The molecule has 3 aliphatic rings. The smallest absolute Gasteiger partial charge is 0.236 e. The molecule has 1 amide bonds. The second kappa shape index (κ2) is 8.69. The Labute approximate surface area is 162 Å². The van der Waals surface area contributed by atoms with Gasteiger partial charge in [-0.05, 0) is 64.7 Å². The third-order valence-electron chi connectivity index (χ3n) is 6.58. The third-order valence-corrected chi connectivity index (χ3v) is 6.58. The number of likely N-dealkylation sites (tertiary alicyclic amines) is 3. The van der Waals surface area contributed by atoms with Gasteiger partial charge in [0.1, 0.15) is 11.6 Å². The molecule has 27 heavy (non-hydrogen) atoms. The van der Waals surface area contributed by atoms with Crippen molar-refractivity contribution in [2.75, 3.05) is 45.8 Å². The predicted molar refractivity (Wildman–Crippen MR) is 104 cm³/mol. The molecule has 4 heterocycles. The lowest BCUT2D eigenvalue weighted by Crippen LogP contribution is -2.43. The molecule has 0 spiro atoms. The summed E-state index contributed by atoms with van der Waals surface area (Å²) in [6.07, 6.45) is 8.43. The number of hydrogen-bond donors (Lipinski definition) is 0. The van der Waals surface area contributed by atoms with Crippen molar-refractivity contribution in [3.63, 3.8) is 0 Å². The van der Waals surface area contributed by atoms with Gasteiger partial charge in [0.15, 0.2) is 0 Å². The molecule has 150 valence electrons. The lowest BCUT2D eigenvalue weighted by molar-refractivity contribution is -0.133. The van der Waals surface area contributed by atoms with Crippen molar-refractivity contribution in [2.45, 2.75) is 57.4 Å². The maximum absolute atomic E-state index is 12.5. The van der Waals surface area contributed by atoms with Crippen molar-refractivity contribution in [2.24, 2.45) is 7.05 Å². The molecular weight excluding hydrogens is 340 g/mol. The molecule has 7 nitrogen and oxygen atoms in total. The second-order valence-corrected chi connectivity index (χ2v) is 8.51. The van der Waals surface area contributed by atoms with E-state index in [-0.39, 0.29) is 0 Å². The number of carbonyl (C=O) groups is 1. The van der Waals surface area contributed by atoms with Crippen LogP contribution in [0.2, 0.25) is 0 Å². The Morgan fingerprint density at radius 2 is 1.52 bits per heavy atom. The van der Waals surface area contributed by atoms with Gasteiger partial charge < -0.3 is 9.47 Å². The first-order chi connectivity index (χ1) is 13.2. The fourth-order valence-corrected chi connectivity index (χ4v) is 4.81. The lowest BCUT2D eigenvalue weighted by Gasteiger charge is -2.32. The van der Waals surface area contributed by atoms with Crippen LogP contribution in [0.5, 0.6) is 0 Å². The largest absolute Gasteiger partial charge is 0.342 e. The van der Waals surface area contributed by atoms with Gasteiger partial charge in [0, 0.05) is 26.1 Å². The Morgan fingerprint density at radius 3 is 2.22 bits per heavy atom. The molecule has 0 saturated carbocycles. The van der Waals surface area contributed by atoms with Gasteiger partial charge in [-0.25, -0.2) is 0 Å². The molecule has 0 radical (unpaired) electrons. The van der Waals surface area contributed by atoms with E-state index in [4.69, 9.17) is 0 Å². The van der Waals surface area contributed by atoms with E-state index in [1.165, 1.54) is 45.2 Å². The normalized spacial score (nSPS) is 23.2. The van der Waals surface area contributed by atoms with Gasteiger partial charge in [-0.3, -0.25) is 14.6 Å². The van der Waals surface area contributed by atoms with Crippen LogP contribution in [0.4, 0.5) is 0 Å². The summed E-state index contributed by atoms with van der Waals surface area (Å²) in [5, 5.41) is 9.02. The third kappa shape index (κ3) is 4.51. The zero-order valence-electron chi connectivity index (χ0n) is 16.8. The summed E-state index contributed by atoms with van der Waals surface area (Å²) in [7, 11) is 2.11. The summed E-state index contributed by atoms with van der Waals surface area (Å²) in [6.45, 7) is 7.75. The number of amides is 1. The minimum atomic E-state index is 0.305. The first-order valence-electron chi connectivity index (χ1n) is 10.8. The average Bonchev–Trinajstić information content (AvgIpc) is 3.33. The SMILES string of the molecule is Cn1c(CN2CCCCC2)nnc1C1CCN(C(=O)CN2CCCC2)CC1. The van der Waals surface area contributed by atoms with Gasteiger partial charge in [-0.2, -0.15) is 0 Å². The van der Waals surface area contributed by atoms with Crippen LogP contribution in [0, 0.1) is 0 Å². The summed E-state index contributed by atoms with van der Waals surface area (Å²) in [4.78, 5) is 19.4. The van der Waals surface area contributed by atoms with Crippen LogP contribution < -0.4 is 0 Å². The predicted octanol–water partition coefficient (Wildman–Crippen LogP) is 1.60. The molecular formula is C20H34N6O. The highest BCUT2D eigenvalue weighted by molar-refractivity contribution is 5.78. The maximum Gasteiger partial charge on any atom is 0.236 e. The molecule has 4 rings (SSSR count). The highest BCUT2D eigenvalue weighted by atomic mass is 16.2. The summed E-state index contributed by atoms with van der Waals surface area (Å²) >= 11 is 0. The number of aromatic nitrogens is 3. The quantitative estimate of drug-likeness (QED) is 0.784. The molecule has 3 saturated heterocycles. The van der Waals surface area contributed by atoms with Crippen LogP contribution in [0.15, 0.2) is 0 Å². The number of piperidine rings is 2. The zero-order chi connectivity index (χ0) is 18.6. The molecule has 0 aliphatic carbocycles. The Balaban J connectivity index is 1.29. The van der Waals surface area contributed by atoms with Crippen molar-refractivity contribution in [3.8, 4) is 0 Å². The van der Waals surface area contributed by atoms with Crippen LogP contribution in [0.3, 0.4) is 0 Å². The Hall–Kier alpha value is -1.47. The molecule has 0 atom stereocenters. The van der Waals surface area contributed by atoms with Gasteiger partial charge in [0.2, 0.25) is 5.91 Å². The van der Waals surface area contributed by atoms with Crippen molar-refractivity contribution in [1.82, 2.24) is 29.5 Å². The van der Waals surface area contributed by atoms with Crippen LogP contribution >= 0.6 is 0 Å². The van der Waals surface area contributed by atoms with E-state index in [1.54, 1.807) is 0 Å². The molecule has 0 unspecified atom stereocenters. The van der Waals surface area contributed by atoms with Gasteiger partial charge in [0.25, 0.3) is 0 Å². The first-order valence-corrected chi connectivity index (χ1v) is 10.8. The van der Waals surface area contributed by atoms with Gasteiger partial charge in [0.05, 0.1) is 13.1 Å². The maximum atomic E-state index is 12.5. The van der Waals surface area contributed by atoms with Gasteiger partial charge in [-0.1, -0.05) is 6.42 Å². The molecule has 3 fully saturated rings. The average molecular weight is 375 g/mol. The second-order valence-electron chi connectivity index (χ2n) is 8.51. The van der Waals surface area contributed by atoms with Gasteiger partial charge >= 0.3 is 0 Å². The Bertz CT molecular complexity index is 624. The topological polar surface area (TPSA) is 57.5 Å². The Kier molecular flexibility index (Phi) is 6.08. The first kappa shape index (κ1) is 18.9. The summed E-state index contributed by atoms with van der Waals surface area (Å²) in [6, 6.07) is 0. The Morgan fingerprint density at radius 1 is 0.889 bits per heavy atom. The number of carbonyl (C=O) groups excluding carboxylic acids is 1. The van der Waals surface area contributed by atoms with Crippen LogP contribution in [0.25, 0.3) is 0 Å². The van der Waals surface area contributed by atoms with Crippen molar-refractivity contribution >= 4 is 5.91 Å². The fourth-order valence-electron chi connectivity index (χ4n) is 4.81. The molecule has 0 aromatic carbocycles.